The molecule has 1 fully saturated rings. The van der Waals surface area contributed by atoms with Gasteiger partial charge < -0.3 is 4.74 Å². The minimum Gasteiger partial charge on any atom is -0.495 e. The van der Waals surface area contributed by atoms with E-state index in [1.54, 1.807) is 0 Å². The van der Waals surface area contributed by atoms with Crippen LogP contribution in [0.4, 0.5) is 0 Å². The fourth-order valence-corrected chi connectivity index (χ4v) is 2.97. The van der Waals surface area contributed by atoms with Crippen LogP contribution in [0.25, 0.3) is 0 Å². The number of hydrogen-bond acceptors (Lipinski definition) is 3. The van der Waals surface area contributed by atoms with Gasteiger partial charge in [0.25, 0.3) is 0 Å². The highest BCUT2D eigenvalue weighted by Crippen LogP contribution is 2.29. The number of ether oxygens (including phenoxy) is 1. The van der Waals surface area contributed by atoms with Crippen LogP contribution in [0.5, 0.6) is 5.75 Å². The standard InChI is InChI=1S/C10H12ClNO3S/c1-15-9-6-7(11)2-5-10(9)16(13,14)12-8-3-4-8/h2,5-6,8,12H,3-4H2,1H3. The van der Waals surface area contributed by atoms with Crippen LogP contribution in [0.3, 0.4) is 0 Å². The van der Waals surface area contributed by atoms with Crippen LogP contribution >= 0.6 is 11.6 Å². The molecule has 1 N–H and O–H groups in total. The number of benzene rings is 1. The first-order valence-electron chi connectivity index (χ1n) is 4.89. The maximum absolute atomic E-state index is 11.9. The van der Waals surface area contributed by atoms with E-state index in [4.69, 9.17) is 16.3 Å². The second kappa shape index (κ2) is 4.24. The number of rotatable bonds is 4. The molecule has 16 heavy (non-hydrogen) atoms. The number of hydrogen-bond donors (Lipinski definition) is 1. The summed E-state index contributed by atoms with van der Waals surface area (Å²) in [5.41, 5.74) is 0. The van der Waals surface area contributed by atoms with Crippen LogP contribution in [0.15, 0.2) is 23.1 Å². The lowest BCUT2D eigenvalue weighted by atomic mass is 10.3. The van der Waals surface area contributed by atoms with Gasteiger partial charge in [0.2, 0.25) is 10.0 Å². The molecule has 4 nitrogen and oxygen atoms in total. The highest BCUT2D eigenvalue weighted by atomic mass is 35.5. The average Bonchev–Trinajstić information content (AvgIpc) is 3.00. The van der Waals surface area contributed by atoms with Crippen LogP contribution in [0.1, 0.15) is 12.8 Å². The van der Waals surface area contributed by atoms with Crippen molar-refractivity contribution < 1.29 is 13.2 Å². The van der Waals surface area contributed by atoms with Crippen molar-refractivity contribution in [3.8, 4) is 5.75 Å². The molecule has 0 aromatic heterocycles. The molecular formula is C10H12ClNO3S. The molecule has 0 heterocycles. The summed E-state index contributed by atoms with van der Waals surface area (Å²) in [6.45, 7) is 0. The molecule has 1 aliphatic rings. The summed E-state index contributed by atoms with van der Waals surface area (Å²) in [7, 11) is -2.07. The highest BCUT2D eigenvalue weighted by Gasteiger charge is 2.29. The molecule has 1 aromatic carbocycles. The molecule has 0 aliphatic heterocycles. The van der Waals surface area contributed by atoms with E-state index < -0.39 is 10.0 Å². The van der Waals surface area contributed by atoms with Gasteiger partial charge in [0.05, 0.1) is 7.11 Å². The third-order valence-electron chi connectivity index (χ3n) is 2.31. The van der Waals surface area contributed by atoms with Gasteiger partial charge in [-0.2, -0.15) is 0 Å². The molecule has 0 unspecified atom stereocenters. The van der Waals surface area contributed by atoms with Gasteiger partial charge in [0.1, 0.15) is 10.6 Å². The van der Waals surface area contributed by atoms with Crippen molar-refractivity contribution in [2.45, 2.75) is 23.8 Å². The van der Waals surface area contributed by atoms with Crippen molar-refractivity contribution >= 4 is 21.6 Å². The van der Waals surface area contributed by atoms with Crippen molar-refractivity contribution in [1.82, 2.24) is 4.72 Å². The Morgan fingerprint density at radius 3 is 2.69 bits per heavy atom. The zero-order chi connectivity index (χ0) is 11.8. The van der Waals surface area contributed by atoms with Gasteiger partial charge in [-0.1, -0.05) is 11.6 Å². The van der Waals surface area contributed by atoms with Crippen molar-refractivity contribution in [2.75, 3.05) is 7.11 Å². The average molecular weight is 262 g/mol. The van der Waals surface area contributed by atoms with E-state index in [0.29, 0.717) is 5.02 Å². The Morgan fingerprint density at radius 2 is 2.12 bits per heavy atom. The van der Waals surface area contributed by atoms with Crippen molar-refractivity contribution in [3.63, 3.8) is 0 Å². The second-order valence-corrected chi connectivity index (χ2v) is 5.81. The number of methoxy groups -OCH3 is 1. The van der Waals surface area contributed by atoms with Crippen LogP contribution < -0.4 is 9.46 Å². The molecule has 6 heteroatoms. The normalized spacial score (nSPS) is 16.1. The zero-order valence-electron chi connectivity index (χ0n) is 8.73. The summed E-state index contributed by atoms with van der Waals surface area (Å²) in [5.74, 6) is 0.264. The molecular weight excluding hydrogens is 250 g/mol. The number of sulfonamides is 1. The lowest BCUT2D eigenvalue weighted by Gasteiger charge is -2.10. The molecule has 0 radical (unpaired) electrons. The predicted molar refractivity (Wildman–Crippen MR) is 61.3 cm³/mol. The summed E-state index contributed by atoms with van der Waals surface area (Å²) in [5, 5.41) is 0.447. The van der Waals surface area contributed by atoms with Gasteiger partial charge in [-0.05, 0) is 25.0 Å². The number of halogens is 1. The van der Waals surface area contributed by atoms with Gasteiger partial charge in [-0.25, -0.2) is 13.1 Å². The quantitative estimate of drug-likeness (QED) is 0.899. The SMILES string of the molecule is COc1cc(Cl)ccc1S(=O)(=O)NC1CC1. The molecule has 0 atom stereocenters. The number of nitrogens with one attached hydrogen (secondary N) is 1. The Morgan fingerprint density at radius 1 is 1.44 bits per heavy atom. The van der Waals surface area contributed by atoms with Crippen molar-refractivity contribution in [3.05, 3.63) is 23.2 Å². The largest absolute Gasteiger partial charge is 0.495 e. The molecule has 2 rings (SSSR count). The van der Waals surface area contributed by atoms with E-state index in [2.05, 4.69) is 4.72 Å². The van der Waals surface area contributed by atoms with Crippen LogP contribution in [0, 0.1) is 0 Å². The van der Waals surface area contributed by atoms with Crippen LogP contribution in [0.2, 0.25) is 5.02 Å². The minimum atomic E-state index is -3.49. The fourth-order valence-electron chi connectivity index (χ4n) is 1.35. The third kappa shape index (κ3) is 2.48. The smallest absolute Gasteiger partial charge is 0.244 e. The van der Waals surface area contributed by atoms with Gasteiger partial charge in [-0.3, -0.25) is 0 Å². The first kappa shape index (κ1) is 11.7. The monoisotopic (exact) mass is 261 g/mol. The summed E-state index contributed by atoms with van der Waals surface area (Å²) in [4.78, 5) is 0.131. The zero-order valence-corrected chi connectivity index (χ0v) is 10.3. The highest BCUT2D eigenvalue weighted by molar-refractivity contribution is 7.89. The van der Waals surface area contributed by atoms with Gasteiger partial charge in [-0.15, -0.1) is 0 Å². The lowest BCUT2D eigenvalue weighted by molar-refractivity contribution is 0.402. The molecule has 0 saturated heterocycles. The van der Waals surface area contributed by atoms with Crippen molar-refractivity contribution in [2.24, 2.45) is 0 Å². The molecule has 0 spiro atoms. The Kier molecular flexibility index (Phi) is 3.10. The summed E-state index contributed by atoms with van der Waals surface area (Å²) < 4.78 is 31.5. The molecule has 88 valence electrons. The van der Waals surface area contributed by atoms with Crippen molar-refractivity contribution in [1.29, 1.82) is 0 Å². The van der Waals surface area contributed by atoms with Crippen LogP contribution in [-0.2, 0) is 10.0 Å². The second-order valence-electron chi connectivity index (χ2n) is 3.69. The summed E-state index contributed by atoms with van der Waals surface area (Å²) in [6, 6.07) is 4.55. The Hall–Kier alpha value is -0.780. The first-order chi connectivity index (χ1) is 7.53. The Balaban J connectivity index is 2.37. The van der Waals surface area contributed by atoms with Gasteiger partial charge in [0.15, 0.2) is 0 Å². The van der Waals surface area contributed by atoms with E-state index in [-0.39, 0.29) is 16.7 Å². The fraction of sp³-hybridized carbons (Fsp3) is 0.400. The Bertz CT molecular complexity index is 497. The predicted octanol–water partition coefficient (Wildman–Crippen LogP) is 1.79. The summed E-state index contributed by atoms with van der Waals surface area (Å²) in [6.07, 6.45) is 1.80. The molecule has 1 aliphatic carbocycles. The lowest BCUT2D eigenvalue weighted by Crippen LogP contribution is -2.26. The maximum atomic E-state index is 11.9. The van der Waals surface area contributed by atoms with E-state index in [9.17, 15) is 8.42 Å². The van der Waals surface area contributed by atoms with Gasteiger partial charge in [0, 0.05) is 17.1 Å². The topological polar surface area (TPSA) is 55.4 Å². The van der Waals surface area contributed by atoms with E-state index in [1.165, 1.54) is 25.3 Å². The minimum absolute atomic E-state index is 0.0744. The first-order valence-corrected chi connectivity index (χ1v) is 6.75. The Labute approximate surface area is 99.6 Å². The maximum Gasteiger partial charge on any atom is 0.244 e. The third-order valence-corrected chi connectivity index (χ3v) is 4.11. The molecule has 1 saturated carbocycles. The molecule has 1 aromatic rings. The van der Waals surface area contributed by atoms with Crippen LogP contribution in [-0.4, -0.2) is 21.6 Å². The molecule has 0 bridgehead atoms. The summed E-state index contributed by atoms with van der Waals surface area (Å²) >= 11 is 5.77. The van der Waals surface area contributed by atoms with E-state index >= 15 is 0 Å². The van der Waals surface area contributed by atoms with Gasteiger partial charge >= 0.3 is 0 Å². The molecule has 0 amide bonds. The van der Waals surface area contributed by atoms with E-state index in [0.717, 1.165) is 12.8 Å². The van der Waals surface area contributed by atoms with E-state index in [1.807, 2.05) is 0 Å².